The molecule has 0 radical (unpaired) electrons. The molecule has 21 heavy (non-hydrogen) atoms. The molecule has 1 amide bonds. The van der Waals surface area contributed by atoms with Gasteiger partial charge < -0.3 is 15.0 Å². The van der Waals surface area contributed by atoms with Crippen molar-refractivity contribution in [1.82, 2.24) is 10.3 Å². The molecule has 0 aliphatic carbocycles. The van der Waals surface area contributed by atoms with Crippen LogP contribution in [0.3, 0.4) is 0 Å². The fourth-order valence-corrected chi connectivity index (χ4v) is 2.56. The van der Waals surface area contributed by atoms with Crippen molar-refractivity contribution in [3.8, 4) is 0 Å². The highest BCUT2D eigenvalue weighted by atomic mass is 16.5. The van der Waals surface area contributed by atoms with Crippen LogP contribution in [0.4, 0.5) is 0 Å². The molecule has 1 fully saturated rings. The van der Waals surface area contributed by atoms with E-state index in [0.717, 1.165) is 12.0 Å². The zero-order chi connectivity index (χ0) is 14.7. The number of hydrogen-bond donors (Lipinski definition) is 2. The van der Waals surface area contributed by atoms with Crippen LogP contribution in [0.5, 0.6) is 0 Å². The van der Waals surface area contributed by atoms with Crippen molar-refractivity contribution >= 4 is 5.91 Å². The zero-order valence-corrected chi connectivity index (χ0v) is 11.4. The number of aromatic nitrogens is 1. The Bertz CT molecular complexity index is 681. The molecule has 1 aliphatic heterocycles. The van der Waals surface area contributed by atoms with E-state index in [1.54, 1.807) is 6.07 Å². The van der Waals surface area contributed by atoms with Gasteiger partial charge in [-0.3, -0.25) is 9.59 Å². The average Bonchev–Trinajstić information content (AvgIpc) is 2.96. The van der Waals surface area contributed by atoms with Gasteiger partial charge in [0.25, 0.3) is 11.5 Å². The van der Waals surface area contributed by atoms with Crippen molar-refractivity contribution in [2.75, 3.05) is 6.61 Å². The Labute approximate surface area is 122 Å². The summed E-state index contributed by atoms with van der Waals surface area (Å²) in [6, 6.07) is 12.8. The van der Waals surface area contributed by atoms with E-state index >= 15 is 0 Å². The standard InChI is InChI=1S/C16H16N2O3/c19-15-12(7-4-9-17-15)16(20)18-13-8-10-21-14(13)11-5-2-1-3-6-11/h1-7,9,13-14H,8,10H2,(H,17,19)(H,18,20)/t13-,14+/m0/s1. The van der Waals surface area contributed by atoms with Crippen molar-refractivity contribution in [3.05, 3.63) is 70.1 Å². The molecule has 0 bridgehead atoms. The van der Waals surface area contributed by atoms with Crippen molar-refractivity contribution in [1.29, 1.82) is 0 Å². The number of hydrogen-bond acceptors (Lipinski definition) is 3. The van der Waals surface area contributed by atoms with E-state index in [1.165, 1.54) is 12.3 Å². The van der Waals surface area contributed by atoms with E-state index < -0.39 is 0 Å². The number of aromatic amines is 1. The first kappa shape index (κ1) is 13.6. The molecule has 2 atom stereocenters. The number of rotatable bonds is 3. The Balaban J connectivity index is 1.77. The van der Waals surface area contributed by atoms with Crippen LogP contribution in [0.25, 0.3) is 0 Å². The summed E-state index contributed by atoms with van der Waals surface area (Å²) in [7, 11) is 0. The summed E-state index contributed by atoms with van der Waals surface area (Å²) in [4.78, 5) is 26.4. The first-order valence-corrected chi connectivity index (χ1v) is 6.91. The molecule has 108 valence electrons. The molecule has 2 N–H and O–H groups in total. The van der Waals surface area contributed by atoms with E-state index in [2.05, 4.69) is 10.3 Å². The van der Waals surface area contributed by atoms with E-state index in [1.807, 2.05) is 30.3 Å². The molecule has 0 spiro atoms. The molecule has 0 unspecified atom stereocenters. The number of pyridine rings is 1. The number of ether oxygens (including phenoxy) is 1. The summed E-state index contributed by atoms with van der Waals surface area (Å²) < 4.78 is 5.72. The molecular formula is C16H16N2O3. The molecule has 0 saturated carbocycles. The molecule has 3 rings (SSSR count). The van der Waals surface area contributed by atoms with Crippen LogP contribution < -0.4 is 10.9 Å². The number of carbonyl (C=O) groups is 1. The molecule has 1 saturated heterocycles. The van der Waals surface area contributed by atoms with E-state index in [9.17, 15) is 9.59 Å². The van der Waals surface area contributed by atoms with Crippen LogP contribution in [-0.2, 0) is 4.74 Å². The van der Waals surface area contributed by atoms with Gasteiger partial charge in [-0.25, -0.2) is 0 Å². The van der Waals surface area contributed by atoms with Crippen molar-refractivity contribution in [3.63, 3.8) is 0 Å². The average molecular weight is 284 g/mol. The molecule has 1 aromatic carbocycles. The maximum Gasteiger partial charge on any atom is 0.260 e. The molecule has 1 aliphatic rings. The molecule has 1 aromatic heterocycles. The predicted molar refractivity (Wildman–Crippen MR) is 78.1 cm³/mol. The Hall–Kier alpha value is -2.40. The Morgan fingerprint density at radius 2 is 2.00 bits per heavy atom. The van der Waals surface area contributed by atoms with Crippen LogP contribution in [-0.4, -0.2) is 23.5 Å². The second kappa shape index (κ2) is 5.93. The van der Waals surface area contributed by atoms with Gasteiger partial charge in [0, 0.05) is 12.8 Å². The summed E-state index contributed by atoms with van der Waals surface area (Å²) in [5.74, 6) is -0.367. The van der Waals surface area contributed by atoms with Gasteiger partial charge in [-0.15, -0.1) is 0 Å². The number of nitrogens with one attached hydrogen (secondary N) is 2. The summed E-state index contributed by atoms with van der Waals surface area (Å²) in [6.45, 7) is 0.593. The Kier molecular flexibility index (Phi) is 3.83. The van der Waals surface area contributed by atoms with Crippen LogP contribution in [0.15, 0.2) is 53.5 Å². The smallest absolute Gasteiger partial charge is 0.260 e. The summed E-state index contributed by atoms with van der Waals surface area (Å²) in [5.41, 5.74) is 0.767. The second-order valence-electron chi connectivity index (χ2n) is 4.98. The largest absolute Gasteiger partial charge is 0.371 e. The lowest BCUT2D eigenvalue weighted by molar-refractivity contribution is 0.0820. The van der Waals surface area contributed by atoms with Crippen LogP contribution in [0, 0.1) is 0 Å². The SMILES string of the molecule is O=C(N[C@H]1CCO[C@@H]1c1ccccc1)c1ccc[nH]c1=O. The fourth-order valence-electron chi connectivity index (χ4n) is 2.56. The van der Waals surface area contributed by atoms with E-state index in [0.29, 0.717) is 6.61 Å². The highest BCUT2D eigenvalue weighted by molar-refractivity contribution is 5.94. The van der Waals surface area contributed by atoms with Crippen LogP contribution in [0.1, 0.15) is 28.4 Å². The molecule has 5 heteroatoms. The number of H-pyrrole nitrogens is 1. The zero-order valence-electron chi connectivity index (χ0n) is 11.4. The van der Waals surface area contributed by atoms with Crippen molar-refractivity contribution in [2.45, 2.75) is 18.6 Å². The molecular weight excluding hydrogens is 268 g/mol. The highest BCUT2D eigenvalue weighted by Gasteiger charge is 2.31. The van der Waals surface area contributed by atoms with Gasteiger partial charge in [0.05, 0.1) is 6.04 Å². The normalized spacial score (nSPS) is 21.1. The lowest BCUT2D eigenvalue weighted by atomic mass is 10.0. The third-order valence-electron chi connectivity index (χ3n) is 3.60. The van der Waals surface area contributed by atoms with Crippen molar-refractivity contribution in [2.24, 2.45) is 0 Å². The van der Waals surface area contributed by atoms with E-state index in [4.69, 9.17) is 4.74 Å². The van der Waals surface area contributed by atoms with E-state index in [-0.39, 0.29) is 29.2 Å². The summed E-state index contributed by atoms with van der Waals surface area (Å²) >= 11 is 0. The van der Waals surface area contributed by atoms with Gasteiger partial charge in [0.1, 0.15) is 11.7 Å². The lowest BCUT2D eigenvalue weighted by Crippen LogP contribution is -2.39. The molecule has 5 nitrogen and oxygen atoms in total. The summed E-state index contributed by atoms with van der Waals surface area (Å²) in [5, 5.41) is 2.90. The van der Waals surface area contributed by atoms with Gasteiger partial charge in [-0.05, 0) is 24.1 Å². The van der Waals surface area contributed by atoms with Gasteiger partial charge >= 0.3 is 0 Å². The minimum absolute atomic E-state index is 0.121. The first-order chi connectivity index (χ1) is 10.3. The minimum Gasteiger partial charge on any atom is -0.371 e. The third kappa shape index (κ3) is 2.87. The van der Waals surface area contributed by atoms with Gasteiger partial charge in [-0.1, -0.05) is 30.3 Å². The fraction of sp³-hybridized carbons (Fsp3) is 0.250. The Morgan fingerprint density at radius 3 is 2.76 bits per heavy atom. The maximum absolute atomic E-state index is 12.2. The maximum atomic E-state index is 12.2. The lowest BCUT2D eigenvalue weighted by Gasteiger charge is -2.20. The van der Waals surface area contributed by atoms with Crippen molar-refractivity contribution < 1.29 is 9.53 Å². The Morgan fingerprint density at radius 1 is 1.19 bits per heavy atom. The van der Waals surface area contributed by atoms with Gasteiger partial charge in [-0.2, -0.15) is 0 Å². The van der Waals surface area contributed by atoms with Crippen LogP contribution in [0.2, 0.25) is 0 Å². The second-order valence-corrected chi connectivity index (χ2v) is 4.98. The minimum atomic E-state index is -0.384. The first-order valence-electron chi connectivity index (χ1n) is 6.91. The summed E-state index contributed by atoms with van der Waals surface area (Å²) in [6.07, 6.45) is 2.07. The predicted octanol–water partition coefficient (Wildman–Crippen LogP) is 1.63. The van der Waals surface area contributed by atoms with Gasteiger partial charge in [0.15, 0.2) is 0 Å². The number of amides is 1. The van der Waals surface area contributed by atoms with Crippen LogP contribution >= 0.6 is 0 Å². The third-order valence-corrected chi connectivity index (χ3v) is 3.60. The van der Waals surface area contributed by atoms with Gasteiger partial charge in [0.2, 0.25) is 0 Å². The quantitative estimate of drug-likeness (QED) is 0.900. The number of carbonyl (C=O) groups excluding carboxylic acids is 1. The highest BCUT2D eigenvalue weighted by Crippen LogP contribution is 2.28. The molecule has 2 aromatic rings. The molecule has 2 heterocycles. The topological polar surface area (TPSA) is 71.2 Å². The number of benzene rings is 1. The monoisotopic (exact) mass is 284 g/mol.